The molecule has 0 saturated heterocycles. The summed E-state index contributed by atoms with van der Waals surface area (Å²) < 4.78 is 0. The van der Waals surface area contributed by atoms with Crippen molar-refractivity contribution < 1.29 is 9.90 Å². The molecular weight excluding hydrogens is 299 g/mol. The Morgan fingerprint density at radius 2 is 2.05 bits per heavy atom. The summed E-state index contributed by atoms with van der Waals surface area (Å²) in [5.41, 5.74) is 0.984. The van der Waals surface area contributed by atoms with Gasteiger partial charge in [-0.1, -0.05) is 35.3 Å². The zero-order valence-electron chi connectivity index (χ0n) is 10.4. The Labute approximate surface area is 126 Å². The normalized spacial score (nSPS) is 10.3. The lowest BCUT2D eigenvalue weighted by Crippen LogP contribution is -2.09. The summed E-state index contributed by atoms with van der Waals surface area (Å²) >= 11 is 11.9. The molecule has 1 aromatic carbocycles. The highest BCUT2D eigenvalue weighted by Crippen LogP contribution is 2.21. The summed E-state index contributed by atoms with van der Waals surface area (Å²) in [6.07, 6.45) is 0.689. The van der Waals surface area contributed by atoms with Gasteiger partial charge in [0.15, 0.2) is 5.69 Å². The Kier molecular flexibility index (Phi) is 4.82. The van der Waals surface area contributed by atoms with Gasteiger partial charge in [-0.3, -0.25) is 0 Å². The van der Waals surface area contributed by atoms with E-state index in [2.05, 4.69) is 10.3 Å². The van der Waals surface area contributed by atoms with Crippen LogP contribution in [0.4, 0.5) is 5.82 Å². The maximum atomic E-state index is 10.8. The van der Waals surface area contributed by atoms with Gasteiger partial charge in [-0.15, -0.1) is 0 Å². The Balaban J connectivity index is 1.96. The van der Waals surface area contributed by atoms with Crippen LogP contribution in [0.2, 0.25) is 10.0 Å². The van der Waals surface area contributed by atoms with E-state index in [1.54, 1.807) is 24.3 Å². The lowest BCUT2D eigenvalue weighted by atomic mass is 10.1. The van der Waals surface area contributed by atoms with Crippen LogP contribution in [0.1, 0.15) is 16.1 Å². The predicted octanol–water partition coefficient (Wildman–Crippen LogP) is 3.74. The van der Waals surface area contributed by atoms with Crippen molar-refractivity contribution in [1.82, 2.24) is 4.98 Å². The fraction of sp³-hybridized carbons (Fsp3) is 0.143. The van der Waals surface area contributed by atoms with Crippen molar-refractivity contribution in [2.45, 2.75) is 6.42 Å². The monoisotopic (exact) mass is 310 g/mol. The number of halogens is 2. The molecule has 104 valence electrons. The highest BCUT2D eigenvalue weighted by atomic mass is 35.5. The molecule has 0 amide bonds. The van der Waals surface area contributed by atoms with E-state index in [1.807, 2.05) is 6.07 Å². The van der Waals surface area contributed by atoms with Gasteiger partial charge < -0.3 is 10.4 Å². The second kappa shape index (κ2) is 6.59. The Hall–Kier alpha value is -1.78. The highest BCUT2D eigenvalue weighted by Gasteiger charge is 2.05. The van der Waals surface area contributed by atoms with Gasteiger partial charge in [-0.2, -0.15) is 0 Å². The van der Waals surface area contributed by atoms with Crippen molar-refractivity contribution in [3.05, 3.63) is 57.7 Å². The molecule has 0 bridgehead atoms. The molecule has 2 N–H and O–H groups in total. The summed E-state index contributed by atoms with van der Waals surface area (Å²) in [7, 11) is 0. The van der Waals surface area contributed by atoms with Crippen LogP contribution in [-0.4, -0.2) is 22.6 Å². The van der Waals surface area contributed by atoms with E-state index in [4.69, 9.17) is 28.3 Å². The number of aromatic nitrogens is 1. The summed E-state index contributed by atoms with van der Waals surface area (Å²) in [6.45, 7) is 0.595. The number of pyridine rings is 1. The molecule has 1 heterocycles. The first-order chi connectivity index (χ1) is 9.56. The summed E-state index contributed by atoms with van der Waals surface area (Å²) in [6, 6.07) is 10.2. The van der Waals surface area contributed by atoms with Crippen LogP contribution in [0, 0.1) is 0 Å². The van der Waals surface area contributed by atoms with Crippen LogP contribution >= 0.6 is 23.2 Å². The molecule has 4 nitrogen and oxygen atoms in total. The first kappa shape index (κ1) is 14.6. The number of benzene rings is 1. The van der Waals surface area contributed by atoms with Crippen LogP contribution in [0.3, 0.4) is 0 Å². The van der Waals surface area contributed by atoms with Crippen molar-refractivity contribution in [3.8, 4) is 0 Å². The van der Waals surface area contributed by atoms with Crippen LogP contribution < -0.4 is 5.32 Å². The van der Waals surface area contributed by atoms with Crippen LogP contribution in [-0.2, 0) is 6.42 Å². The average molecular weight is 311 g/mol. The summed E-state index contributed by atoms with van der Waals surface area (Å²) in [5, 5.41) is 13.1. The number of nitrogens with zero attached hydrogens (tertiary/aromatic N) is 1. The van der Waals surface area contributed by atoms with Crippen LogP contribution in [0.5, 0.6) is 0 Å². The fourth-order valence-electron chi connectivity index (χ4n) is 1.70. The van der Waals surface area contributed by atoms with E-state index < -0.39 is 5.97 Å². The zero-order valence-corrected chi connectivity index (χ0v) is 11.9. The molecule has 0 aliphatic carbocycles. The van der Waals surface area contributed by atoms with Gasteiger partial charge in [-0.25, -0.2) is 9.78 Å². The van der Waals surface area contributed by atoms with Crippen LogP contribution in [0.15, 0.2) is 36.4 Å². The minimum Gasteiger partial charge on any atom is -0.477 e. The largest absolute Gasteiger partial charge is 0.477 e. The third-order valence-corrected chi connectivity index (χ3v) is 3.27. The SMILES string of the molecule is O=C(O)c1cccc(NCCc2ccc(Cl)cc2Cl)n1. The Bertz CT molecular complexity index is 632. The average Bonchev–Trinajstić information content (AvgIpc) is 2.41. The standard InChI is InChI=1S/C14H12Cl2N2O2/c15-10-5-4-9(11(16)8-10)6-7-17-13-3-1-2-12(18-13)14(19)20/h1-5,8H,6-7H2,(H,17,18)(H,19,20). The van der Waals surface area contributed by atoms with Crippen LogP contribution in [0.25, 0.3) is 0 Å². The van der Waals surface area contributed by atoms with E-state index in [0.29, 0.717) is 28.8 Å². The molecule has 0 spiro atoms. The minimum atomic E-state index is -1.05. The molecule has 0 atom stereocenters. The number of hydrogen-bond acceptors (Lipinski definition) is 3. The Morgan fingerprint density at radius 1 is 1.25 bits per heavy atom. The van der Waals surface area contributed by atoms with Gasteiger partial charge in [0.25, 0.3) is 0 Å². The van der Waals surface area contributed by atoms with Crippen molar-refractivity contribution in [2.75, 3.05) is 11.9 Å². The van der Waals surface area contributed by atoms with Crippen molar-refractivity contribution in [3.63, 3.8) is 0 Å². The molecule has 20 heavy (non-hydrogen) atoms. The first-order valence-electron chi connectivity index (χ1n) is 5.94. The molecule has 0 aliphatic rings. The molecule has 2 aromatic rings. The van der Waals surface area contributed by atoms with Gasteiger partial charge in [-0.05, 0) is 36.2 Å². The molecule has 0 unspecified atom stereocenters. The number of aromatic carboxylic acids is 1. The second-order valence-corrected chi connectivity index (χ2v) is 4.97. The molecule has 0 saturated carbocycles. The quantitative estimate of drug-likeness (QED) is 0.883. The molecule has 0 radical (unpaired) electrons. The lowest BCUT2D eigenvalue weighted by molar-refractivity contribution is 0.0690. The molecular formula is C14H12Cl2N2O2. The number of carbonyl (C=O) groups is 1. The number of nitrogens with one attached hydrogen (secondary N) is 1. The van der Waals surface area contributed by atoms with Crippen molar-refractivity contribution >= 4 is 35.0 Å². The second-order valence-electron chi connectivity index (χ2n) is 4.13. The van der Waals surface area contributed by atoms with Gasteiger partial charge in [0, 0.05) is 16.6 Å². The smallest absolute Gasteiger partial charge is 0.354 e. The number of carboxylic acids is 1. The van der Waals surface area contributed by atoms with Crippen molar-refractivity contribution in [2.24, 2.45) is 0 Å². The maximum absolute atomic E-state index is 10.8. The molecule has 0 aliphatic heterocycles. The van der Waals surface area contributed by atoms with Crippen molar-refractivity contribution in [1.29, 1.82) is 0 Å². The van der Waals surface area contributed by atoms with E-state index in [1.165, 1.54) is 6.07 Å². The number of carboxylic acid groups (broad SMARTS) is 1. The molecule has 2 rings (SSSR count). The summed E-state index contributed by atoms with van der Waals surface area (Å²) in [5.74, 6) is -0.524. The van der Waals surface area contributed by atoms with Gasteiger partial charge in [0.05, 0.1) is 0 Å². The highest BCUT2D eigenvalue weighted by molar-refractivity contribution is 6.35. The number of rotatable bonds is 5. The molecule has 0 fully saturated rings. The minimum absolute atomic E-state index is 0.0134. The van der Waals surface area contributed by atoms with E-state index in [0.717, 1.165) is 5.56 Å². The van der Waals surface area contributed by atoms with Gasteiger partial charge >= 0.3 is 5.97 Å². The van der Waals surface area contributed by atoms with Gasteiger partial charge in [0.1, 0.15) is 5.82 Å². The number of anilines is 1. The predicted molar refractivity (Wildman–Crippen MR) is 79.9 cm³/mol. The van der Waals surface area contributed by atoms with E-state index in [-0.39, 0.29) is 5.69 Å². The topological polar surface area (TPSA) is 62.2 Å². The van der Waals surface area contributed by atoms with Gasteiger partial charge in [0.2, 0.25) is 0 Å². The van der Waals surface area contributed by atoms with E-state index in [9.17, 15) is 4.79 Å². The van der Waals surface area contributed by atoms with E-state index >= 15 is 0 Å². The lowest BCUT2D eigenvalue weighted by Gasteiger charge is -2.07. The Morgan fingerprint density at radius 3 is 2.75 bits per heavy atom. The fourth-order valence-corrected chi connectivity index (χ4v) is 2.20. The maximum Gasteiger partial charge on any atom is 0.354 e. The third kappa shape index (κ3) is 3.85. The summed E-state index contributed by atoms with van der Waals surface area (Å²) in [4.78, 5) is 14.8. The third-order valence-electron chi connectivity index (χ3n) is 2.68. The zero-order chi connectivity index (χ0) is 14.5. The number of hydrogen-bond donors (Lipinski definition) is 2. The molecule has 6 heteroatoms. The first-order valence-corrected chi connectivity index (χ1v) is 6.70. The molecule has 1 aromatic heterocycles.